The van der Waals surface area contributed by atoms with Crippen LogP contribution in [0.1, 0.15) is 30.9 Å². The number of carbonyl (C=O) groups excluding carboxylic acids is 1. The predicted molar refractivity (Wildman–Crippen MR) is 115 cm³/mol. The molecule has 0 aliphatic carbocycles. The van der Waals surface area contributed by atoms with Crippen LogP contribution in [0.5, 0.6) is 11.5 Å². The van der Waals surface area contributed by atoms with Crippen LogP contribution in [0.25, 0.3) is 0 Å². The molecule has 0 aliphatic rings. The molecule has 0 spiro atoms. The molecule has 2 rings (SSSR count). The number of thiocarbonyl (C=S) groups is 1. The number of rotatable bonds is 7. The Kier molecular flexibility index (Phi) is 7.49. The molecule has 9 heteroatoms. The van der Waals surface area contributed by atoms with E-state index in [2.05, 4.69) is 24.5 Å². The highest BCUT2D eigenvalue weighted by Crippen LogP contribution is 2.28. The van der Waals surface area contributed by atoms with Crippen molar-refractivity contribution in [3.05, 3.63) is 57.6 Å². The normalized spacial score (nSPS) is 10.4. The first-order valence-corrected chi connectivity index (χ1v) is 9.28. The fourth-order valence-corrected chi connectivity index (χ4v) is 2.98. The summed E-state index contributed by atoms with van der Waals surface area (Å²) in [4.78, 5) is 22.5. The second-order valence-electron chi connectivity index (χ2n) is 6.61. The summed E-state index contributed by atoms with van der Waals surface area (Å²) in [6, 6.07) is 9.71. The van der Waals surface area contributed by atoms with Crippen LogP contribution in [0.3, 0.4) is 0 Å². The van der Waals surface area contributed by atoms with E-state index < -0.39 is 10.8 Å². The molecule has 0 radical (unpaired) electrons. The summed E-state index contributed by atoms with van der Waals surface area (Å²) in [6.07, 6.45) is 0. The number of non-ortho nitro benzene ring substituents is 1. The van der Waals surface area contributed by atoms with Gasteiger partial charge >= 0.3 is 0 Å². The summed E-state index contributed by atoms with van der Waals surface area (Å²) in [5, 5.41) is 16.1. The van der Waals surface area contributed by atoms with Gasteiger partial charge in [0.2, 0.25) is 0 Å². The van der Waals surface area contributed by atoms with Gasteiger partial charge in [-0.05, 0) is 54.4 Å². The number of benzene rings is 2. The van der Waals surface area contributed by atoms with Crippen LogP contribution in [0.4, 0.5) is 11.4 Å². The summed E-state index contributed by atoms with van der Waals surface area (Å²) < 4.78 is 10.7. The van der Waals surface area contributed by atoms with Gasteiger partial charge in [-0.1, -0.05) is 19.9 Å². The molecule has 0 fully saturated rings. The van der Waals surface area contributed by atoms with Crippen molar-refractivity contribution < 1.29 is 19.2 Å². The molecular weight excluding hydrogens is 394 g/mol. The van der Waals surface area contributed by atoms with E-state index in [-0.39, 0.29) is 23.1 Å². The van der Waals surface area contributed by atoms with E-state index >= 15 is 0 Å². The number of amides is 1. The van der Waals surface area contributed by atoms with Crippen molar-refractivity contribution in [3.63, 3.8) is 0 Å². The van der Waals surface area contributed by atoms with E-state index in [9.17, 15) is 14.9 Å². The smallest absolute Gasteiger partial charge is 0.271 e. The predicted octanol–water partition coefficient (Wildman–Crippen LogP) is 3.93. The molecule has 2 aromatic rings. The third kappa shape index (κ3) is 6.15. The van der Waals surface area contributed by atoms with Crippen LogP contribution in [-0.4, -0.2) is 29.7 Å². The van der Waals surface area contributed by atoms with Gasteiger partial charge in [0, 0.05) is 12.1 Å². The van der Waals surface area contributed by atoms with Crippen molar-refractivity contribution in [2.24, 2.45) is 0 Å². The van der Waals surface area contributed by atoms with Gasteiger partial charge in [0.05, 0.1) is 17.7 Å². The van der Waals surface area contributed by atoms with Crippen LogP contribution in [-0.2, 0) is 4.79 Å². The standard InChI is InChI=1S/C20H23N3O5S/c1-12(2)16-7-6-15(9-13(16)3)28-11-19(24)22-20(29)21-17-10-14(23(25)26)5-8-18(17)27-4/h5-10,12H,11H2,1-4H3,(H2,21,22,24,29). The van der Waals surface area contributed by atoms with Gasteiger partial charge in [-0.25, -0.2) is 0 Å². The lowest BCUT2D eigenvalue weighted by molar-refractivity contribution is -0.384. The van der Waals surface area contributed by atoms with Crippen LogP contribution < -0.4 is 20.1 Å². The third-order valence-corrected chi connectivity index (χ3v) is 4.33. The van der Waals surface area contributed by atoms with Gasteiger partial charge in [0.1, 0.15) is 11.5 Å². The number of hydrogen-bond acceptors (Lipinski definition) is 6. The van der Waals surface area contributed by atoms with Crippen molar-refractivity contribution in [1.29, 1.82) is 0 Å². The van der Waals surface area contributed by atoms with Crippen LogP contribution in [0, 0.1) is 17.0 Å². The molecule has 0 unspecified atom stereocenters. The average molecular weight is 417 g/mol. The topological polar surface area (TPSA) is 103 Å². The molecule has 0 bridgehead atoms. The Morgan fingerprint density at radius 2 is 1.97 bits per heavy atom. The summed E-state index contributed by atoms with van der Waals surface area (Å²) in [6.45, 7) is 5.99. The molecule has 0 aliphatic heterocycles. The Morgan fingerprint density at radius 1 is 1.24 bits per heavy atom. The van der Waals surface area contributed by atoms with Gasteiger partial charge in [-0.3, -0.25) is 20.2 Å². The minimum absolute atomic E-state index is 0.0243. The minimum atomic E-state index is -0.535. The maximum Gasteiger partial charge on any atom is 0.271 e. The van der Waals surface area contributed by atoms with Crippen LogP contribution in [0.15, 0.2) is 36.4 Å². The van der Waals surface area contributed by atoms with Gasteiger partial charge in [0.25, 0.3) is 11.6 Å². The lowest BCUT2D eigenvalue weighted by Crippen LogP contribution is -2.37. The average Bonchev–Trinajstić information content (AvgIpc) is 2.65. The molecule has 0 aromatic heterocycles. The number of methoxy groups -OCH3 is 1. The van der Waals surface area contributed by atoms with Crippen molar-refractivity contribution in [1.82, 2.24) is 5.32 Å². The van der Waals surface area contributed by atoms with E-state index in [4.69, 9.17) is 21.7 Å². The fraction of sp³-hybridized carbons (Fsp3) is 0.300. The number of ether oxygens (including phenoxy) is 2. The second-order valence-corrected chi connectivity index (χ2v) is 7.01. The van der Waals surface area contributed by atoms with Gasteiger partial charge in [0.15, 0.2) is 11.7 Å². The summed E-state index contributed by atoms with van der Waals surface area (Å²) >= 11 is 5.10. The Labute approximate surface area is 174 Å². The highest BCUT2D eigenvalue weighted by molar-refractivity contribution is 7.80. The zero-order chi connectivity index (χ0) is 21.6. The van der Waals surface area contributed by atoms with Crippen LogP contribution >= 0.6 is 12.2 Å². The fourth-order valence-electron chi connectivity index (χ4n) is 2.76. The van der Waals surface area contributed by atoms with Crippen molar-refractivity contribution in [2.45, 2.75) is 26.7 Å². The van der Waals surface area contributed by atoms with E-state index in [1.54, 1.807) is 0 Å². The number of anilines is 1. The first-order valence-electron chi connectivity index (χ1n) is 8.88. The number of aryl methyl sites for hydroxylation is 1. The van der Waals surface area contributed by atoms with E-state index in [1.807, 2.05) is 25.1 Å². The molecule has 2 N–H and O–H groups in total. The monoisotopic (exact) mass is 417 g/mol. The van der Waals surface area contributed by atoms with Crippen molar-refractivity contribution in [3.8, 4) is 11.5 Å². The summed E-state index contributed by atoms with van der Waals surface area (Å²) in [5.41, 5.74) is 2.45. The molecule has 29 heavy (non-hydrogen) atoms. The quantitative estimate of drug-likeness (QED) is 0.400. The van der Waals surface area contributed by atoms with Gasteiger partial charge in [-0.2, -0.15) is 0 Å². The lowest BCUT2D eigenvalue weighted by Gasteiger charge is -2.14. The molecule has 0 atom stereocenters. The zero-order valence-corrected chi connectivity index (χ0v) is 17.5. The van der Waals surface area contributed by atoms with E-state index in [0.29, 0.717) is 17.4 Å². The maximum atomic E-state index is 12.1. The lowest BCUT2D eigenvalue weighted by atomic mass is 9.98. The second kappa shape index (κ2) is 9.83. The molecule has 1 amide bonds. The molecule has 2 aromatic carbocycles. The van der Waals surface area contributed by atoms with Gasteiger partial charge in [-0.15, -0.1) is 0 Å². The first kappa shape index (κ1) is 22.1. The van der Waals surface area contributed by atoms with E-state index in [1.165, 1.54) is 30.9 Å². The Morgan fingerprint density at radius 3 is 2.55 bits per heavy atom. The maximum absolute atomic E-state index is 12.1. The summed E-state index contributed by atoms with van der Waals surface area (Å²) in [5.74, 6) is 0.879. The number of nitro groups is 1. The number of nitro benzene ring substituents is 1. The van der Waals surface area contributed by atoms with Crippen molar-refractivity contribution in [2.75, 3.05) is 19.0 Å². The molecule has 154 valence electrons. The third-order valence-electron chi connectivity index (χ3n) is 4.13. The number of hydrogen-bond donors (Lipinski definition) is 2. The zero-order valence-electron chi connectivity index (χ0n) is 16.6. The highest BCUT2D eigenvalue weighted by Gasteiger charge is 2.14. The molecule has 8 nitrogen and oxygen atoms in total. The SMILES string of the molecule is COc1ccc([N+](=O)[O-])cc1NC(=S)NC(=O)COc1ccc(C(C)C)c(C)c1. The number of nitrogens with one attached hydrogen (secondary N) is 2. The van der Waals surface area contributed by atoms with E-state index in [0.717, 1.165) is 5.56 Å². The number of nitrogens with zero attached hydrogens (tertiary/aromatic N) is 1. The molecular formula is C20H23N3O5S. The van der Waals surface area contributed by atoms with Crippen LogP contribution in [0.2, 0.25) is 0 Å². The Bertz CT molecular complexity index is 930. The summed E-state index contributed by atoms with van der Waals surface area (Å²) in [7, 11) is 1.42. The molecule has 0 saturated carbocycles. The number of carbonyl (C=O) groups is 1. The largest absolute Gasteiger partial charge is 0.495 e. The Balaban J connectivity index is 1.94. The molecule has 0 heterocycles. The van der Waals surface area contributed by atoms with Crippen molar-refractivity contribution >= 4 is 34.6 Å². The minimum Gasteiger partial charge on any atom is -0.495 e. The molecule has 0 saturated heterocycles. The highest BCUT2D eigenvalue weighted by atomic mass is 32.1. The van der Waals surface area contributed by atoms with Gasteiger partial charge < -0.3 is 14.8 Å². The Hall–Kier alpha value is -3.20. The first-order chi connectivity index (χ1) is 13.7.